The highest BCUT2D eigenvalue weighted by atomic mass is 32.2. The van der Waals surface area contributed by atoms with Crippen LogP contribution in [0.5, 0.6) is 0 Å². The maximum Gasteiger partial charge on any atom is 0.254 e. The van der Waals surface area contributed by atoms with Crippen molar-refractivity contribution in [2.75, 3.05) is 19.3 Å². The number of hydrogen-bond acceptors (Lipinski definition) is 6. The van der Waals surface area contributed by atoms with Crippen LogP contribution in [0.1, 0.15) is 40.6 Å². The molecule has 1 fully saturated rings. The summed E-state index contributed by atoms with van der Waals surface area (Å²) >= 11 is 0. The zero-order chi connectivity index (χ0) is 22.2. The van der Waals surface area contributed by atoms with E-state index in [1.807, 2.05) is 0 Å². The second-order valence-corrected chi connectivity index (χ2v) is 9.82. The minimum Gasteiger partial charge on any atom is -0.339 e. The van der Waals surface area contributed by atoms with Crippen molar-refractivity contribution >= 4 is 15.7 Å². The quantitative estimate of drug-likeness (QED) is 0.612. The van der Waals surface area contributed by atoms with Crippen molar-refractivity contribution in [3.05, 3.63) is 65.3 Å². The Morgan fingerprint density at radius 3 is 2.77 bits per heavy atom. The summed E-state index contributed by atoms with van der Waals surface area (Å²) in [5, 5.41) is 3.96. The van der Waals surface area contributed by atoms with Gasteiger partial charge in [0.1, 0.15) is 5.82 Å². The molecule has 0 bridgehead atoms. The van der Waals surface area contributed by atoms with Crippen LogP contribution >= 0.6 is 0 Å². The lowest BCUT2D eigenvalue weighted by atomic mass is 9.96. The molecule has 0 saturated carbocycles. The third-order valence-electron chi connectivity index (χ3n) is 5.45. The lowest BCUT2D eigenvalue weighted by Crippen LogP contribution is -2.39. The predicted octanol–water partition coefficient (Wildman–Crippen LogP) is 3.61. The highest BCUT2D eigenvalue weighted by Gasteiger charge is 2.30. The fraction of sp³-hybridized carbons (Fsp3) is 0.318. The van der Waals surface area contributed by atoms with E-state index >= 15 is 0 Å². The lowest BCUT2D eigenvalue weighted by molar-refractivity contribution is 0.0694. The van der Waals surface area contributed by atoms with Crippen molar-refractivity contribution in [2.24, 2.45) is 0 Å². The van der Waals surface area contributed by atoms with E-state index in [1.54, 1.807) is 30.0 Å². The number of carbonyl (C=O) groups excluding carboxylic acids is 1. The summed E-state index contributed by atoms with van der Waals surface area (Å²) in [6.45, 7) is 2.72. The summed E-state index contributed by atoms with van der Waals surface area (Å²) < 4.78 is 42.7. The van der Waals surface area contributed by atoms with E-state index < -0.39 is 9.84 Å². The molecule has 2 heterocycles. The number of sulfone groups is 1. The summed E-state index contributed by atoms with van der Waals surface area (Å²) in [5.41, 5.74) is 1.60. The smallest absolute Gasteiger partial charge is 0.254 e. The Bertz CT molecular complexity index is 1240. The molecule has 2 aromatic carbocycles. The molecule has 9 heteroatoms. The van der Waals surface area contributed by atoms with Crippen molar-refractivity contribution in [1.82, 2.24) is 15.0 Å². The van der Waals surface area contributed by atoms with Gasteiger partial charge < -0.3 is 9.42 Å². The van der Waals surface area contributed by atoms with Gasteiger partial charge in [0, 0.05) is 30.5 Å². The third kappa shape index (κ3) is 4.51. The largest absolute Gasteiger partial charge is 0.339 e. The first-order chi connectivity index (χ1) is 14.7. The molecule has 1 aromatic heterocycles. The number of aryl methyl sites for hydroxylation is 1. The summed E-state index contributed by atoms with van der Waals surface area (Å²) in [5.74, 6) is -0.0542. The third-order valence-corrected chi connectivity index (χ3v) is 6.56. The summed E-state index contributed by atoms with van der Waals surface area (Å²) in [6, 6.07) is 10.5. The Balaban J connectivity index is 1.55. The summed E-state index contributed by atoms with van der Waals surface area (Å²) in [6.07, 6.45) is 2.64. The number of halogens is 1. The zero-order valence-electron chi connectivity index (χ0n) is 17.2. The van der Waals surface area contributed by atoms with Gasteiger partial charge in [0.25, 0.3) is 5.91 Å². The van der Waals surface area contributed by atoms with Gasteiger partial charge in [-0.2, -0.15) is 4.98 Å². The van der Waals surface area contributed by atoms with Crippen molar-refractivity contribution < 1.29 is 22.1 Å². The Labute approximate surface area is 179 Å². The first kappa shape index (κ1) is 21.2. The van der Waals surface area contributed by atoms with E-state index in [1.165, 1.54) is 24.3 Å². The van der Waals surface area contributed by atoms with Gasteiger partial charge in [0.15, 0.2) is 9.84 Å². The van der Waals surface area contributed by atoms with Gasteiger partial charge >= 0.3 is 0 Å². The van der Waals surface area contributed by atoms with E-state index in [4.69, 9.17) is 4.52 Å². The number of likely N-dealkylation sites (tertiary alicyclic amines) is 1. The molecule has 0 N–H and O–H groups in total. The molecule has 162 valence electrons. The van der Waals surface area contributed by atoms with E-state index in [0.717, 1.165) is 19.1 Å². The molecule has 7 nitrogen and oxygen atoms in total. The molecule has 0 aliphatic carbocycles. The fourth-order valence-corrected chi connectivity index (χ4v) is 4.39. The molecule has 1 unspecified atom stereocenters. The van der Waals surface area contributed by atoms with Crippen LogP contribution in [0.3, 0.4) is 0 Å². The van der Waals surface area contributed by atoms with Gasteiger partial charge in [-0.05, 0) is 49.6 Å². The number of nitrogens with zero attached hydrogens (tertiary/aromatic N) is 3. The molecule has 1 atom stereocenters. The molecule has 4 rings (SSSR count). The maximum absolute atomic E-state index is 13.5. The van der Waals surface area contributed by atoms with E-state index in [-0.39, 0.29) is 22.5 Å². The van der Waals surface area contributed by atoms with Gasteiger partial charge in [0.2, 0.25) is 11.7 Å². The maximum atomic E-state index is 13.5. The van der Waals surface area contributed by atoms with Gasteiger partial charge in [-0.15, -0.1) is 0 Å². The van der Waals surface area contributed by atoms with Crippen molar-refractivity contribution in [3.8, 4) is 11.4 Å². The second-order valence-electron chi connectivity index (χ2n) is 7.81. The van der Waals surface area contributed by atoms with E-state index in [0.29, 0.717) is 41.5 Å². The molecule has 1 saturated heterocycles. The number of piperidine rings is 1. The van der Waals surface area contributed by atoms with Gasteiger partial charge in [-0.1, -0.05) is 23.4 Å². The van der Waals surface area contributed by atoms with Crippen molar-refractivity contribution in [2.45, 2.75) is 30.6 Å². The molecule has 0 spiro atoms. The van der Waals surface area contributed by atoms with Gasteiger partial charge in [0.05, 0.1) is 10.8 Å². The monoisotopic (exact) mass is 443 g/mol. The Hall–Kier alpha value is -3.07. The summed E-state index contributed by atoms with van der Waals surface area (Å²) in [4.78, 5) is 19.4. The second kappa shape index (κ2) is 8.22. The first-order valence-corrected chi connectivity index (χ1v) is 11.8. The number of aromatic nitrogens is 2. The normalized spacial score (nSPS) is 17.0. The number of amides is 1. The molecular formula is C22H22FN3O4S. The molecule has 3 aromatic rings. The number of hydrogen-bond donors (Lipinski definition) is 0. The van der Waals surface area contributed by atoms with Gasteiger partial charge in [-0.3, -0.25) is 4.79 Å². The number of carbonyl (C=O) groups is 1. The SMILES string of the molecule is Cc1ccc(S(C)(=O)=O)cc1C(=O)N1CCCC(c2nc(-c3cccc(F)c3)no2)C1. The first-order valence-electron chi connectivity index (χ1n) is 9.92. The number of rotatable bonds is 4. The Morgan fingerprint density at radius 2 is 2.03 bits per heavy atom. The average Bonchev–Trinajstić information content (AvgIpc) is 3.23. The van der Waals surface area contributed by atoms with Crippen LogP contribution in [0.4, 0.5) is 4.39 Å². The molecule has 0 radical (unpaired) electrons. The van der Waals surface area contributed by atoms with E-state index in [2.05, 4.69) is 10.1 Å². The highest BCUT2D eigenvalue weighted by molar-refractivity contribution is 7.90. The topological polar surface area (TPSA) is 93.4 Å². The van der Waals surface area contributed by atoms with Crippen LogP contribution in [0.25, 0.3) is 11.4 Å². The average molecular weight is 444 g/mol. The molecule has 1 aliphatic rings. The van der Waals surface area contributed by atoms with Crippen molar-refractivity contribution in [1.29, 1.82) is 0 Å². The highest BCUT2D eigenvalue weighted by Crippen LogP contribution is 2.29. The lowest BCUT2D eigenvalue weighted by Gasteiger charge is -2.31. The standard InChI is InChI=1S/C22H22FN3O4S/c1-14-8-9-18(31(2,28)29)12-19(14)22(27)26-10-4-6-16(13-26)21-24-20(25-30-21)15-5-3-7-17(23)11-15/h3,5,7-9,11-12,16H,4,6,10,13H2,1-2H3. The molecule has 1 amide bonds. The van der Waals surface area contributed by atoms with Crippen LogP contribution < -0.4 is 0 Å². The Morgan fingerprint density at radius 1 is 1.23 bits per heavy atom. The zero-order valence-corrected chi connectivity index (χ0v) is 18.0. The Kier molecular flexibility index (Phi) is 5.62. The fourth-order valence-electron chi connectivity index (χ4n) is 3.74. The number of benzene rings is 2. The van der Waals surface area contributed by atoms with Crippen LogP contribution in [-0.4, -0.2) is 48.7 Å². The molecular weight excluding hydrogens is 421 g/mol. The minimum atomic E-state index is -3.42. The predicted molar refractivity (Wildman–Crippen MR) is 112 cm³/mol. The van der Waals surface area contributed by atoms with Gasteiger partial charge in [-0.25, -0.2) is 12.8 Å². The molecule has 31 heavy (non-hydrogen) atoms. The van der Waals surface area contributed by atoms with E-state index in [9.17, 15) is 17.6 Å². The van der Waals surface area contributed by atoms with Crippen LogP contribution in [0.15, 0.2) is 51.9 Å². The van der Waals surface area contributed by atoms with Crippen LogP contribution in [0, 0.1) is 12.7 Å². The van der Waals surface area contributed by atoms with Crippen LogP contribution in [-0.2, 0) is 9.84 Å². The van der Waals surface area contributed by atoms with Crippen LogP contribution in [0.2, 0.25) is 0 Å². The minimum absolute atomic E-state index is 0.117. The molecule has 1 aliphatic heterocycles. The summed E-state index contributed by atoms with van der Waals surface area (Å²) in [7, 11) is -3.42. The van der Waals surface area contributed by atoms with Crippen molar-refractivity contribution in [3.63, 3.8) is 0 Å².